The number of fused-ring (bicyclic) bond motifs is 1. The molecule has 1 amide bonds. The Bertz CT molecular complexity index is 1860. The number of nitrogens with zero attached hydrogens (tertiary/aromatic N) is 5. The van der Waals surface area contributed by atoms with Crippen molar-refractivity contribution in [3.63, 3.8) is 0 Å². The first-order valence-electron chi connectivity index (χ1n) is 15.1. The first-order valence-corrected chi connectivity index (χ1v) is 16.6. The fourth-order valence-corrected chi connectivity index (χ4v) is 6.43. The largest absolute Gasteiger partial charge is 0.368 e. The quantitative estimate of drug-likeness (QED) is 0.163. The molecule has 3 heterocycles. The first-order chi connectivity index (χ1) is 21.9. The Balaban J connectivity index is 1.21. The van der Waals surface area contributed by atoms with Gasteiger partial charge in [0.05, 0.1) is 17.8 Å². The number of rotatable bonds is 13. The molecule has 6 rings (SSSR count). The van der Waals surface area contributed by atoms with Crippen molar-refractivity contribution in [2.45, 2.75) is 37.2 Å². The molecule has 12 heteroatoms. The van der Waals surface area contributed by atoms with Crippen LogP contribution in [0.1, 0.15) is 40.7 Å². The van der Waals surface area contributed by atoms with Crippen LogP contribution < -0.4 is 15.4 Å². The third-order valence-corrected chi connectivity index (χ3v) is 9.14. The Morgan fingerprint density at radius 1 is 0.867 bits per heavy atom. The van der Waals surface area contributed by atoms with Crippen LogP contribution in [0.15, 0.2) is 96.2 Å². The standard InChI is InChI=1S/C33H36N8O3S/c42-32(27-15-9-16-28(21-27)45(43,44)36-22-25-11-3-1-4-12-25)39-33-37-30(34-17-10-20-40-18-7-8-19-40)29-31(38-33)41(24-35-29)23-26-13-5-2-6-14-26/h1-6,9,11-16,21,24,36H,7-8,10,17-20,22-23H2,(H2,34,37,38,39,42). The second kappa shape index (κ2) is 14.0. The number of hydrogen-bond acceptors (Lipinski definition) is 8. The van der Waals surface area contributed by atoms with Crippen LogP contribution in [0.5, 0.6) is 0 Å². The molecule has 1 aliphatic heterocycles. The van der Waals surface area contributed by atoms with E-state index < -0.39 is 15.9 Å². The molecule has 5 aromatic rings. The van der Waals surface area contributed by atoms with Crippen LogP contribution >= 0.6 is 0 Å². The van der Waals surface area contributed by atoms with Crippen LogP contribution in [-0.2, 0) is 23.1 Å². The molecule has 0 aliphatic carbocycles. The molecule has 1 saturated heterocycles. The molecule has 0 bridgehead atoms. The smallest absolute Gasteiger partial charge is 0.258 e. The minimum absolute atomic E-state index is 0.0104. The summed E-state index contributed by atoms with van der Waals surface area (Å²) in [6, 6.07) is 25.1. The van der Waals surface area contributed by atoms with Crippen LogP contribution in [0.25, 0.3) is 11.2 Å². The van der Waals surface area contributed by atoms with Crippen LogP contribution in [0, 0.1) is 0 Å². The lowest BCUT2D eigenvalue weighted by Crippen LogP contribution is -2.24. The molecule has 232 valence electrons. The van der Waals surface area contributed by atoms with Gasteiger partial charge in [-0.2, -0.15) is 9.97 Å². The van der Waals surface area contributed by atoms with Gasteiger partial charge in [-0.1, -0.05) is 66.7 Å². The summed E-state index contributed by atoms with van der Waals surface area (Å²) in [5, 5.41) is 6.18. The van der Waals surface area contributed by atoms with Gasteiger partial charge in [-0.25, -0.2) is 18.1 Å². The molecule has 11 nitrogen and oxygen atoms in total. The summed E-state index contributed by atoms with van der Waals surface area (Å²) in [6.45, 7) is 4.67. The van der Waals surface area contributed by atoms with Gasteiger partial charge in [-0.3, -0.25) is 10.1 Å². The number of nitrogens with one attached hydrogen (secondary N) is 3. The molecule has 3 N–H and O–H groups in total. The van der Waals surface area contributed by atoms with E-state index in [9.17, 15) is 13.2 Å². The first kappa shape index (κ1) is 30.4. The Kier molecular flexibility index (Phi) is 9.44. The number of sulfonamides is 1. The number of likely N-dealkylation sites (tertiary alicyclic amines) is 1. The van der Waals surface area contributed by atoms with Gasteiger partial charge in [0.2, 0.25) is 16.0 Å². The highest BCUT2D eigenvalue weighted by Gasteiger charge is 2.19. The van der Waals surface area contributed by atoms with Gasteiger partial charge in [0.1, 0.15) is 0 Å². The molecule has 0 spiro atoms. The predicted octanol–water partition coefficient (Wildman–Crippen LogP) is 4.50. The van der Waals surface area contributed by atoms with Crippen LogP contribution in [0.3, 0.4) is 0 Å². The zero-order valence-electron chi connectivity index (χ0n) is 24.9. The maximum atomic E-state index is 13.4. The summed E-state index contributed by atoms with van der Waals surface area (Å²) in [4.78, 5) is 29.7. The lowest BCUT2D eigenvalue weighted by Gasteiger charge is -2.15. The summed E-state index contributed by atoms with van der Waals surface area (Å²) in [5.41, 5.74) is 3.27. The molecular weight excluding hydrogens is 588 g/mol. The van der Waals surface area contributed by atoms with E-state index in [1.54, 1.807) is 18.5 Å². The number of amides is 1. The van der Waals surface area contributed by atoms with Crippen molar-refractivity contribution in [2.24, 2.45) is 0 Å². The topological polar surface area (TPSA) is 134 Å². The number of imidazole rings is 1. The number of carbonyl (C=O) groups excluding carboxylic acids is 1. The van der Waals surface area contributed by atoms with Crippen LogP contribution in [-0.4, -0.2) is 64.9 Å². The predicted molar refractivity (Wildman–Crippen MR) is 175 cm³/mol. The third kappa shape index (κ3) is 7.72. The Labute approximate surface area is 262 Å². The average molecular weight is 625 g/mol. The lowest BCUT2D eigenvalue weighted by atomic mass is 10.2. The highest BCUT2D eigenvalue weighted by Crippen LogP contribution is 2.23. The Morgan fingerprint density at radius 2 is 1.60 bits per heavy atom. The van der Waals surface area contributed by atoms with E-state index >= 15 is 0 Å². The SMILES string of the molecule is O=C(Nc1nc(NCCCN2CCCC2)c2ncn(Cc3ccccc3)c2n1)c1cccc(S(=O)(=O)NCc2ccccc2)c1. The zero-order chi connectivity index (χ0) is 31.1. The number of aromatic nitrogens is 4. The minimum Gasteiger partial charge on any atom is -0.368 e. The van der Waals surface area contributed by atoms with Gasteiger partial charge in [-0.15, -0.1) is 0 Å². The molecule has 1 aliphatic rings. The molecule has 0 radical (unpaired) electrons. The van der Waals surface area contributed by atoms with Gasteiger partial charge in [-0.05, 0) is 68.2 Å². The van der Waals surface area contributed by atoms with Gasteiger partial charge >= 0.3 is 0 Å². The third-order valence-electron chi connectivity index (χ3n) is 7.74. The van der Waals surface area contributed by atoms with Gasteiger partial charge in [0.15, 0.2) is 17.0 Å². The Morgan fingerprint density at radius 3 is 2.36 bits per heavy atom. The van der Waals surface area contributed by atoms with Crippen molar-refractivity contribution in [2.75, 3.05) is 36.8 Å². The minimum atomic E-state index is -3.86. The van der Waals surface area contributed by atoms with Crippen molar-refractivity contribution >= 4 is 38.9 Å². The molecule has 2 aromatic heterocycles. The highest BCUT2D eigenvalue weighted by molar-refractivity contribution is 7.89. The summed E-state index contributed by atoms with van der Waals surface area (Å²) in [7, 11) is -3.86. The van der Waals surface area contributed by atoms with E-state index in [1.807, 2.05) is 65.2 Å². The van der Waals surface area contributed by atoms with Crippen LogP contribution in [0.4, 0.5) is 11.8 Å². The molecule has 0 atom stereocenters. The maximum Gasteiger partial charge on any atom is 0.258 e. The average Bonchev–Trinajstić information content (AvgIpc) is 3.74. The van der Waals surface area contributed by atoms with E-state index in [1.165, 1.54) is 25.0 Å². The van der Waals surface area contributed by atoms with Crippen molar-refractivity contribution in [1.29, 1.82) is 0 Å². The molecule has 0 saturated carbocycles. The molecule has 3 aromatic carbocycles. The van der Waals surface area contributed by atoms with Crippen molar-refractivity contribution in [3.05, 3.63) is 108 Å². The number of carbonyl (C=O) groups is 1. The number of hydrogen-bond donors (Lipinski definition) is 3. The number of anilines is 2. The van der Waals surface area contributed by atoms with Crippen molar-refractivity contribution < 1.29 is 13.2 Å². The van der Waals surface area contributed by atoms with E-state index in [-0.39, 0.29) is 23.0 Å². The zero-order valence-corrected chi connectivity index (χ0v) is 25.7. The molecular formula is C33H36N8O3S. The lowest BCUT2D eigenvalue weighted by molar-refractivity contribution is 0.102. The van der Waals surface area contributed by atoms with E-state index in [4.69, 9.17) is 0 Å². The monoisotopic (exact) mass is 624 g/mol. The Hall–Kier alpha value is -4.65. The van der Waals surface area contributed by atoms with Gasteiger partial charge < -0.3 is 14.8 Å². The highest BCUT2D eigenvalue weighted by atomic mass is 32.2. The fourth-order valence-electron chi connectivity index (χ4n) is 5.37. The van der Waals surface area contributed by atoms with Crippen molar-refractivity contribution in [1.82, 2.24) is 29.1 Å². The maximum absolute atomic E-state index is 13.4. The van der Waals surface area contributed by atoms with Gasteiger partial charge in [0, 0.05) is 18.7 Å². The summed E-state index contributed by atoms with van der Waals surface area (Å²) in [6.07, 6.45) is 5.17. The van der Waals surface area contributed by atoms with Crippen molar-refractivity contribution in [3.8, 4) is 0 Å². The van der Waals surface area contributed by atoms with E-state index in [0.29, 0.717) is 30.1 Å². The fraction of sp³-hybridized carbons (Fsp3) is 0.273. The van der Waals surface area contributed by atoms with E-state index in [2.05, 4.69) is 35.2 Å². The normalized spacial score (nSPS) is 13.7. The van der Waals surface area contributed by atoms with Gasteiger partial charge in [0.25, 0.3) is 5.91 Å². The molecule has 0 unspecified atom stereocenters. The second-order valence-corrected chi connectivity index (χ2v) is 12.8. The summed E-state index contributed by atoms with van der Waals surface area (Å²) < 4.78 is 30.5. The summed E-state index contributed by atoms with van der Waals surface area (Å²) in [5.74, 6) is 0.105. The van der Waals surface area contributed by atoms with Crippen LogP contribution in [0.2, 0.25) is 0 Å². The molecule has 1 fully saturated rings. The second-order valence-electron chi connectivity index (χ2n) is 11.0. The molecule has 45 heavy (non-hydrogen) atoms. The summed E-state index contributed by atoms with van der Waals surface area (Å²) >= 11 is 0. The van der Waals surface area contributed by atoms with E-state index in [0.717, 1.165) is 37.2 Å². The number of benzene rings is 3.